The van der Waals surface area contributed by atoms with Gasteiger partial charge in [-0.3, -0.25) is 9.59 Å². The zero-order chi connectivity index (χ0) is 17.4. The smallest absolute Gasteiger partial charge is 0.240 e. The maximum absolute atomic E-state index is 12.2. The minimum atomic E-state index is -0.151. The highest BCUT2D eigenvalue weighted by Gasteiger charge is 2.25. The first-order valence-electron chi connectivity index (χ1n) is 8.14. The second-order valence-electron chi connectivity index (χ2n) is 5.78. The Hall–Kier alpha value is -1.79. The Bertz CT molecular complexity index is 587. The maximum atomic E-state index is 12.2. The number of rotatable bonds is 8. The van der Waals surface area contributed by atoms with Crippen LogP contribution in [0.4, 0.5) is 0 Å². The molecule has 130 valence electrons. The lowest BCUT2D eigenvalue weighted by atomic mass is 10.1. The summed E-state index contributed by atoms with van der Waals surface area (Å²) in [6.45, 7) is 5.18. The number of carbonyl (C=O) groups is 2. The van der Waals surface area contributed by atoms with Gasteiger partial charge in [-0.2, -0.15) is 0 Å². The van der Waals surface area contributed by atoms with Crippen LogP contribution in [0.2, 0.25) is 0 Å². The molecule has 0 fully saturated rings. The van der Waals surface area contributed by atoms with Crippen molar-refractivity contribution >= 4 is 29.3 Å². The Morgan fingerprint density at radius 1 is 1.33 bits per heavy atom. The average molecular weight is 348 g/mol. The Kier molecular flexibility index (Phi) is 7.34. The van der Waals surface area contributed by atoms with Crippen LogP contribution < -0.4 is 5.32 Å². The third-order valence-corrected chi connectivity index (χ3v) is 4.26. The monoisotopic (exact) mass is 348 g/mol. The van der Waals surface area contributed by atoms with Gasteiger partial charge in [-0.05, 0) is 31.2 Å². The molecule has 0 bridgehead atoms. The van der Waals surface area contributed by atoms with E-state index in [-0.39, 0.29) is 24.5 Å². The number of thioether (sulfide) groups is 1. The van der Waals surface area contributed by atoms with Crippen LogP contribution in [-0.2, 0) is 14.3 Å². The summed E-state index contributed by atoms with van der Waals surface area (Å²) in [7, 11) is 0. The van der Waals surface area contributed by atoms with Crippen LogP contribution >= 0.6 is 11.8 Å². The quantitative estimate of drug-likeness (QED) is 0.733. The molecule has 1 aliphatic heterocycles. The average Bonchev–Trinajstić information content (AvgIpc) is 2.57. The number of benzene rings is 1. The van der Waals surface area contributed by atoms with E-state index in [1.807, 2.05) is 49.6 Å². The van der Waals surface area contributed by atoms with Crippen LogP contribution in [0.3, 0.4) is 0 Å². The van der Waals surface area contributed by atoms with Crippen LogP contribution in [0.5, 0.6) is 0 Å². The highest BCUT2D eigenvalue weighted by atomic mass is 32.2. The molecule has 0 atom stereocenters. The van der Waals surface area contributed by atoms with Crippen LogP contribution in [0.25, 0.3) is 5.70 Å². The van der Waals surface area contributed by atoms with Crippen molar-refractivity contribution in [3.8, 4) is 0 Å². The van der Waals surface area contributed by atoms with Crippen molar-refractivity contribution in [3.63, 3.8) is 0 Å². The standard InChI is InChI=1S/C18H24N2O3S/c1-14(2)23-10-6-9-19-17(21)11-20-16(12-24-13-18(20)22)15-7-4-3-5-8-15/h3-5,7-8,12,14H,6,9-11,13H2,1-2H3,(H,19,21). The number of hydrogen-bond donors (Lipinski definition) is 1. The fraction of sp³-hybridized carbons (Fsp3) is 0.444. The Morgan fingerprint density at radius 2 is 2.08 bits per heavy atom. The molecule has 2 amide bonds. The van der Waals surface area contributed by atoms with Crippen LogP contribution in [0.1, 0.15) is 25.8 Å². The number of hydrogen-bond acceptors (Lipinski definition) is 4. The summed E-state index contributed by atoms with van der Waals surface area (Å²) in [6.07, 6.45) is 0.956. The molecule has 24 heavy (non-hydrogen) atoms. The molecule has 1 aromatic rings. The molecular weight excluding hydrogens is 324 g/mol. The van der Waals surface area contributed by atoms with Crippen molar-refractivity contribution < 1.29 is 14.3 Å². The molecule has 2 rings (SSSR count). The van der Waals surface area contributed by atoms with E-state index in [2.05, 4.69) is 5.32 Å². The Morgan fingerprint density at radius 3 is 2.79 bits per heavy atom. The SMILES string of the molecule is CC(C)OCCCNC(=O)CN1C(=O)CSC=C1c1ccccc1. The van der Waals surface area contributed by atoms with E-state index in [1.54, 1.807) is 4.90 Å². The zero-order valence-electron chi connectivity index (χ0n) is 14.2. The molecule has 5 nitrogen and oxygen atoms in total. The van der Waals surface area contributed by atoms with Gasteiger partial charge in [0, 0.05) is 13.2 Å². The maximum Gasteiger partial charge on any atom is 0.240 e. The predicted octanol–water partition coefficient (Wildman–Crippen LogP) is 2.49. The summed E-state index contributed by atoms with van der Waals surface area (Å²) in [4.78, 5) is 25.9. The van der Waals surface area contributed by atoms with Gasteiger partial charge in [-0.1, -0.05) is 30.3 Å². The minimum absolute atomic E-state index is 0.0420. The van der Waals surface area contributed by atoms with Gasteiger partial charge in [0.1, 0.15) is 6.54 Å². The molecule has 0 saturated carbocycles. The molecule has 1 heterocycles. The first kappa shape index (κ1) is 18.5. The lowest BCUT2D eigenvalue weighted by Gasteiger charge is -2.28. The summed E-state index contributed by atoms with van der Waals surface area (Å²) < 4.78 is 5.44. The van der Waals surface area contributed by atoms with Crippen LogP contribution in [0.15, 0.2) is 35.7 Å². The Labute approximate surface area is 147 Å². The molecule has 0 unspecified atom stereocenters. The van der Waals surface area contributed by atoms with E-state index < -0.39 is 0 Å². The van der Waals surface area contributed by atoms with Crippen LogP contribution in [0, 0.1) is 0 Å². The van der Waals surface area contributed by atoms with E-state index in [1.165, 1.54) is 11.8 Å². The summed E-state index contributed by atoms with van der Waals surface area (Å²) >= 11 is 1.46. The molecule has 0 aromatic heterocycles. The lowest BCUT2D eigenvalue weighted by molar-refractivity contribution is -0.131. The third-order valence-electron chi connectivity index (χ3n) is 3.46. The second kappa shape index (κ2) is 9.49. The van der Waals surface area contributed by atoms with Gasteiger partial charge >= 0.3 is 0 Å². The van der Waals surface area contributed by atoms with Gasteiger partial charge in [0.15, 0.2) is 0 Å². The van der Waals surface area contributed by atoms with Gasteiger partial charge < -0.3 is 15.0 Å². The molecule has 1 N–H and O–H groups in total. The number of amides is 2. The van der Waals surface area contributed by atoms with E-state index in [4.69, 9.17) is 4.74 Å². The van der Waals surface area contributed by atoms with Crippen molar-refractivity contribution in [2.45, 2.75) is 26.4 Å². The normalized spacial score (nSPS) is 14.7. The molecule has 1 aromatic carbocycles. The van der Waals surface area contributed by atoms with Crippen molar-refractivity contribution in [1.82, 2.24) is 10.2 Å². The molecular formula is C18H24N2O3S. The number of ether oxygens (including phenoxy) is 1. The lowest BCUT2D eigenvalue weighted by Crippen LogP contribution is -2.41. The van der Waals surface area contributed by atoms with Gasteiger partial charge in [0.25, 0.3) is 0 Å². The van der Waals surface area contributed by atoms with Gasteiger partial charge in [0.2, 0.25) is 11.8 Å². The highest BCUT2D eigenvalue weighted by Crippen LogP contribution is 2.27. The van der Waals surface area contributed by atoms with Crippen molar-refractivity contribution in [1.29, 1.82) is 0 Å². The molecule has 6 heteroatoms. The fourth-order valence-corrected chi connectivity index (χ4v) is 3.10. The van der Waals surface area contributed by atoms with Crippen LogP contribution in [-0.4, -0.2) is 48.3 Å². The topological polar surface area (TPSA) is 58.6 Å². The molecule has 1 aliphatic rings. The molecule has 0 saturated heterocycles. The summed E-state index contributed by atoms with van der Waals surface area (Å²) in [5, 5.41) is 4.79. The van der Waals surface area contributed by atoms with E-state index >= 15 is 0 Å². The van der Waals surface area contributed by atoms with Crippen molar-refractivity contribution in [2.24, 2.45) is 0 Å². The summed E-state index contributed by atoms with van der Waals surface area (Å²) in [6, 6.07) is 9.66. The summed E-state index contributed by atoms with van der Waals surface area (Å²) in [5.41, 5.74) is 1.73. The van der Waals surface area contributed by atoms with Crippen molar-refractivity contribution in [2.75, 3.05) is 25.4 Å². The largest absolute Gasteiger partial charge is 0.379 e. The van der Waals surface area contributed by atoms with E-state index in [9.17, 15) is 9.59 Å². The third kappa shape index (κ3) is 5.69. The van der Waals surface area contributed by atoms with E-state index in [0.717, 1.165) is 17.7 Å². The number of nitrogens with one attached hydrogen (secondary N) is 1. The predicted molar refractivity (Wildman–Crippen MR) is 97.3 cm³/mol. The summed E-state index contributed by atoms with van der Waals surface area (Å²) in [5.74, 6) is 0.174. The van der Waals surface area contributed by atoms with E-state index in [0.29, 0.717) is 18.9 Å². The minimum Gasteiger partial charge on any atom is -0.379 e. The highest BCUT2D eigenvalue weighted by molar-refractivity contribution is 8.03. The van der Waals surface area contributed by atoms with Gasteiger partial charge in [-0.15, -0.1) is 11.8 Å². The molecule has 0 spiro atoms. The number of nitrogens with zero attached hydrogens (tertiary/aromatic N) is 1. The first-order chi connectivity index (χ1) is 11.6. The Balaban J connectivity index is 1.88. The van der Waals surface area contributed by atoms with Gasteiger partial charge in [-0.25, -0.2) is 0 Å². The molecule has 0 radical (unpaired) electrons. The zero-order valence-corrected chi connectivity index (χ0v) is 15.0. The fourth-order valence-electron chi connectivity index (χ4n) is 2.29. The molecule has 0 aliphatic carbocycles. The first-order valence-corrected chi connectivity index (χ1v) is 9.18. The second-order valence-corrected chi connectivity index (χ2v) is 6.64. The number of carbonyl (C=O) groups excluding carboxylic acids is 2. The van der Waals surface area contributed by atoms with Gasteiger partial charge in [0.05, 0.1) is 17.6 Å². The van der Waals surface area contributed by atoms with Crippen molar-refractivity contribution in [3.05, 3.63) is 41.3 Å².